The van der Waals surface area contributed by atoms with Gasteiger partial charge in [-0.2, -0.15) is 4.98 Å². The van der Waals surface area contributed by atoms with Gasteiger partial charge in [0.1, 0.15) is 10.8 Å². The fourth-order valence-electron chi connectivity index (χ4n) is 1.28. The van der Waals surface area contributed by atoms with Crippen LogP contribution >= 0.6 is 11.3 Å². The van der Waals surface area contributed by atoms with Crippen molar-refractivity contribution in [2.24, 2.45) is 0 Å². The van der Waals surface area contributed by atoms with Crippen LogP contribution in [0, 0.1) is 13.8 Å². The first-order valence-corrected chi connectivity index (χ1v) is 5.77. The molecule has 16 heavy (non-hydrogen) atoms. The lowest BCUT2D eigenvalue weighted by atomic mass is 10.3. The lowest BCUT2D eigenvalue weighted by molar-refractivity contribution is 1.04. The molecule has 0 unspecified atom stereocenters. The average molecular weight is 235 g/mol. The maximum Gasteiger partial charge on any atom is 0.221 e. The summed E-state index contributed by atoms with van der Waals surface area (Å²) in [7, 11) is 0. The predicted octanol–water partition coefficient (Wildman–Crippen LogP) is 1.74. The molecule has 3 N–H and O–H groups in total. The van der Waals surface area contributed by atoms with Crippen LogP contribution in [0.2, 0.25) is 0 Å². The minimum atomic E-state index is 0.281. The first-order chi connectivity index (χ1) is 7.65. The molecule has 2 heterocycles. The van der Waals surface area contributed by atoms with E-state index in [-0.39, 0.29) is 5.95 Å². The zero-order valence-corrected chi connectivity index (χ0v) is 10.0. The second-order valence-electron chi connectivity index (χ2n) is 3.50. The standard InChI is InChI=1S/C10H13N5S/c1-6-3-13-10(11)15-9(6)12-4-8-14-7(2)5-16-8/h3,5H,4H2,1-2H3,(H3,11,12,13,15). The summed E-state index contributed by atoms with van der Waals surface area (Å²) in [5.74, 6) is 1.05. The highest BCUT2D eigenvalue weighted by molar-refractivity contribution is 7.09. The summed E-state index contributed by atoms with van der Waals surface area (Å²) in [4.78, 5) is 12.4. The molecule has 0 bridgehead atoms. The molecule has 0 atom stereocenters. The number of nitrogens with two attached hydrogens (primary N) is 1. The zero-order valence-electron chi connectivity index (χ0n) is 9.19. The molecule has 0 aliphatic carbocycles. The Kier molecular flexibility index (Phi) is 3.00. The van der Waals surface area contributed by atoms with Crippen molar-refractivity contribution in [3.8, 4) is 0 Å². The molecule has 2 aromatic heterocycles. The van der Waals surface area contributed by atoms with E-state index in [9.17, 15) is 0 Å². The highest BCUT2D eigenvalue weighted by Crippen LogP contribution is 2.14. The van der Waals surface area contributed by atoms with Gasteiger partial charge in [0.25, 0.3) is 0 Å². The van der Waals surface area contributed by atoms with Crippen LogP contribution in [0.1, 0.15) is 16.3 Å². The Labute approximate surface area is 97.8 Å². The number of nitrogen functional groups attached to an aromatic ring is 1. The van der Waals surface area contributed by atoms with E-state index in [4.69, 9.17) is 5.73 Å². The molecule has 0 radical (unpaired) electrons. The Balaban J connectivity index is 2.07. The Bertz CT molecular complexity index is 494. The van der Waals surface area contributed by atoms with Gasteiger partial charge < -0.3 is 11.1 Å². The van der Waals surface area contributed by atoms with E-state index >= 15 is 0 Å². The van der Waals surface area contributed by atoms with Crippen LogP contribution in [0.4, 0.5) is 11.8 Å². The minimum absolute atomic E-state index is 0.281. The molecule has 0 amide bonds. The third-order valence-corrected chi connectivity index (χ3v) is 3.03. The highest BCUT2D eigenvalue weighted by Gasteiger charge is 2.03. The summed E-state index contributed by atoms with van der Waals surface area (Å²) in [6.07, 6.45) is 1.71. The Morgan fingerprint density at radius 2 is 2.19 bits per heavy atom. The summed E-state index contributed by atoms with van der Waals surface area (Å²) in [5, 5.41) is 6.26. The average Bonchev–Trinajstić information content (AvgIpc) is 2.66. The maximum absolute atomic E-state index is 5.53. The minimum Gasteiger partial charge on any atom is -0.368 e. The summed E-state index contributed by atoms with van der Waals surface area (Å²) >= 11 is 1.63. The van der Waals surface area contributed by atoms with E-state index in [0.717, 1.165) is 22.1 Å². The first-order valence-electron chi connectivity index (χ1n) is 4.89. The molecule has 0 aliphatic heterocycles. The molecule has 0 fully saturated rings. The van der Waals surface area contributed by atoms with Crippen molar-refractivity contribution in [2.45, 2.75) is 20.4 Å². The molecule has 0 saturated carbocycles. The fraction of sp³-hybridized carbons (Fsp3) is 0.300. The van der Waals surface area contributed by atoms with Gasteiger partial charge in [0.15, 0.2) is 0 Å². The maximum atomic E-state index is 5.53. The third kappa shape index (κ3) is 2.46. The van der Waals surface area contributed by atoms with Gasteiger partial charge in [-0.25, -0.2) is 9.97 Å². The van der Waals surface area contributed by atoms with Crippen molar-refractivity contribution < 1.29 is 0 Å². The molecule has 0 spiro atoms. The van der Waals surface area contributed by atoms with Crippen LogP contribution in [-0.4, -0.2) is 15.0 Å². The quantitative estimate of drug-likeness (QED) is 0.847. The van der Waals surface area contributed by atoms with Crippen LogP contribution in [0.3, 0.4) is 0 Å². The normalized spacial score (nSPS) is 10.4. The number of hydrogen-bond donors (Lipinski definition) is 2. The summed E-state index contributed by atoms with van der Waals surface area (Å²) in [6, 6.07) is 0. The van der Waals surface area contributed by atoms with Crippen molar-refractivity contribution in [1.29, 1.82) is 0 Å². The van der Waals surface area contributed by atoms with Crippen molar-refractivity contribution in [3.05, 3.63) is 27.8 Å². The lowest BCUT2D eigenvalue weighted by Gasteiger charge is -2.06. The topological polar surface area (TPSA) is 76.7 Å². The number of nitrogens with one attached hydrogen (secondary N) is 1. The van der Waals surface area contributed by atoms with E-state index in [1.807, 2.05) is 19.2 Å². The van der Waals surface area contributed by atoms with Crippen LogP contribution in [0.15, 0.2) is 11.6 Å². The van der Waals surface area contributed by atoms with E-state index in [0.29, 0.717) is 6.54 Å². The smallest absolute Gasteiger partial charge is 0.221 e. The Morgan fingerprint density at radius 3 is 2.88 bits per heavy atom. The molecule has 2 aromatic rings. The SMILES string of the molecule is Cc1csc(CNc2nc(N)ncc2C)n1. The van der Waals surface area contributed by atoms with Crippen molar-refractivity contribution in [2.75, 3.05) is 11.1 Å². The van der Waals surface area contributed by atoms with Gasteiger partial charge in [-0.1, -0.05) is 0 Å². The largest absolute Gasteiger partial charge is 0.368 e. The van der Waals surface area contributed by atoms with Crippen LogP contribution in [0.5, 0.6) is 0 Å². The van der Waals surface area contributed by atoms with Crippen LogP contribution < -0.4 is 11.1 Å². The summed E-state index contributed by atoms with van der Waals surface area (Å²) in [5.41, 5.74) is 7.54. The molecule has 0 aliphatic rings. The highest BCUT2D eigenvalue weighted by atomic mass is 32.1. The second kappa shape index (κ2) is 4.44. The number of anilines is 2. The molecule has 5 nitrogen and oxygen atoms in total. The Morgan fingerprint density at radius 1 is 1.38 bits per heavy atom. The molecule has 0 aromatic carbocycles. The lowest BCUT2D eigenvalue weighted by Crippen LogP contribution is -2.05. The van der Waals surface area contributed by atoms with Crippen LogP contribution in [-0.2, 0) is 6.54 Å². The van der Waals surface area contributed by atoms with E-state index < -0.39 is 0 Å². The molecule has 6 heteroatoms. The van der Waals surface area contributed by atoms with Gasteiger partial charge in [0.05, 0.1) is 6.54 Å². The Hall–Kier alpha value is -1.69. The number of nitrogens with zero attached hydrogens (tertiary/aromatic N) is 3. The van der Waals surface area contributed by atoms with Crippen molar-refractivity contribution in [3.63, 3.8) is 0 Å². The van der Waals surface area contributed by atoms with Gasteiger partial charge in [-0.05, 0) is 13.8 Å². The van der Waals surface area contributed by atoms with E-state index in [1.165, 1.54) is 0 Å². The number of thiazole rings is 1. The molecular weight excluding hydrogens is 222 g/mol. The first kappa shape index (κ1) is 10.8. The molecule has 2 rings (SSSR count). The number of aryl methyl sites for hydroxylation is 2. The molecule has 0 saturated heterocycles. The van der Waals surface area contributed by atoms with Crippen molar-refractivity contribution in [1.82, 2.24) is 15.0 Å². The summed E-state index contributed by atoms with van der Waals surface area (Å²) in [6.45, 7) is 4.58. The van der Waals surface area contributed by atoms with Gasteiger partial charge >= 0.3 is 0 Å². The van der Waals surface area contributed by atoms with E-state index in [1.54, 1.807) is 17.5 Å². The van der Waals surface area contributed by atoms with Crippen LogP contribution in [0.25, 0.3) is 0 Å². The third-order valence-electron chi connectivity index (χ3n) is 2.06. The second-order valence-corrected chi connectivity index (χ2v) is 4.44. The number of rotatable bonds is 3. The fourth-order valence-corrected chi connectivity index (χ4v) is 1.99. The van der Waals surface area contributed by atoms with Gasteiger partial charge in [-0.15, -0.1) is 11.3 Å². The van der Waals surface area contributed by atoms with Crippen molar-refractivity contribution >= 4 is 23.1 Å². The monoisotopic (exact) mass is 235 g/mol. The van der Waals surface area contributed by atoms with E-state index in [2.05, 4.69) is 20.3 Å². The van der Waals surface area contributed by atoms with Gasteiger partial charge in [-0.3, -0.25) is 0 Å². The summed E-state index contributed by atoms with van der Waals surface area (Å²) < 4.78 is 0. The molecular formula is C10H13N5S. The number of hydrogen-bond acceptors (Lipinski definition) is 6. The number of aromatic nitrogens is 3. The molecule has 84 valence electrons. The van der Waals surface area contributed by atoms with Gasteiger partial charge in [0.2, 0.25) is 5.95 Å². The zero-order chi connectivity index (χ0) is 11.5. The van der Waals surface area contributed by atoms with Gasteiger partial charge in [0, 0.05) is 22.8 Å². The predicted molar refractivity (Wildman–Crippen MR) is 65.4 cm³/mol.